The highest BCUT2D eigenvalue weighted by molar-refractivity contribution is 7.92. The van der Waals surface area contributed by atoms with Gasteiger partial charge in [0.25, 0.3) is 10.0 Å². The lowest BCUT2D eigenvalue weighted by molar-refractivity contribution is -0.117. The van der Waals surface area contributed by atoms with Gasteiger partial charge >= 0.3 is 0 Å². The topological polar surface area (TPSA) is 83.8 Å². The predicted molar refractivity (Wildman–Crippen MR) is 89.6 cm³/mol. The van der Waals surface area contributed by atoms with Crippen LogP contribution >= 0.6 is 0 Å². The molecule has 3 aromatic rings. The van der Waals surface area contributed by atoms with Crippen LogP contribution in [0.2, 0.25) is 0 Å². The van der Waals surface area contributed by atoms with Crippen LogP contribution in [0.3, 0.4) is 0 Å². The monoisotopic (exact) mass is 342 g/mol. The third kappa shape index (κ3) is 2.23. The summed E-state index contributed by atoms with van der Waals surface area (Å²) in [4.78, 5) is 17.6. The van der Waals surface area contributed by atoms with E-state index in [1.54, 1.807) is 54.3 Å². The summed E-state index contributed by atoms with van der Waals surface area (Å²) in [7, 11) is -2.09. The highest BCUT2D eigenvalue weighted by atomic mass is 32.2. The molecule has 1 aliphatic heterocycles. The lowest BCUT2D eigenvalue weighted by Crippen LogP contribution is -2.20. The number of imidazole rings is 1. The molecule has 2 aromatic heterocycles. The molecular formula is C16H14N4O3S. The first-order chi connectivity index (χ1) is 11.5. The Balaban J connectivity index is 1.73. The highest BCUT2D eigenvalue weighted by Crippen LogP contribution is 2.30. The van der Waals surface area contributed by atoms with Crippen LogP contribution in [0.15, 0.2) is 53.8 Å². The number of anilines is 2. The van der Waals surface area contributed by atoms with E-state index < -0.39 is 10.0 Å². The van der Waals surface area contributed by atoms with Crippen molar-refractivity contribution in [2.45, 2.75) is 11.3 Å². The van der Waals surface area contributed by atoms with Crippen LogP contribution in [0.25, 0.3) is 5.65 Å². The predicted octanol–water partition coefficient (Wildman–Crippen LogP) is 1.65. The molecule has 0 spiro atoms. The molecule has 4 rings (SSSR count). The standard InChI is InChI=1S/C16H14N4O3S/c1-19-14-5-4-12(9-11(14)10-15(19)21)24(22,23)18-13-3-2-7-20-8-6-17-16(13)20/h2-9,18H,10H2,1H3. The summed E-state index contributed by atoms with van der Waals surface area (Å²) in [6, 6.07) is 8.10. The molecule has 0 unspecified atom stereocenters. The van der Waals surface area contributed by atoms with Gasteiger partial charge in [-0.25, -0.2) is 13.4 Å². The van der Waals surface area contributed by atoms with Gasteiger partial charge in [-0.3, -0.25) is 9.52 Å². The molecule has 1 aliphatic rings. The maximum absolute atomic E-state index is 12.7. The minimum atomic E-state index is -3.77. The summed E-state index contributed by atoms with van der Waals surface area (Å²) in [6.45, 7) is 0. The average Bonchev–Trinajstić information content (AvgIpc) is 3.13. The van der Waals surface area contributed by atoms with Crippen molar-refractivity contribution in [2.75, 3.05) is 16.7 Å². The summed E-state index contributed by atoms with van der Waals surface area (Å²) in [5.74, 6) is -0.0466. The number of carbonyl (C=O) groups excluding carboxylic acids is 1. The molecule has 0 fully saturated rings. The molecule has 3 heterocycles. The number of hydrogen-bond acceptors (Lipinski definition) is 4. The second-order valence-corrected chi connectivity index (χ2v) is 7.29. The summed E-state index contributed by atoms with van der Waals surface area (Å²) in [5, 5.41) is 0. The molecule has 1 amide bonds. The van der Waals surface area contributed by atoms with Gasteiger partial charge in [0.05, 0.1) is 17.0 Å². The Hall–Kier alpha value is -2.87. The van der Waals surface area contributed by atoms with Gasteiger partial charge in [0, 0.05) is 31.3 Å². The van der Waals surface area contributed by atoms with Gasteiger partial charge in [0.2, 0.25) is 5.91 Å². The van der Waals surface area contributed by atoms with E-state index in [-0.39, 0.29) is 17.2 Å². The number of nitrogens with one attached hydrogen (secondary N) is 1. The maximum Gasteiger partial charge on any atom is 0.262 e. The maximum atomic E-state index is 12.7. The number of hydrogen-bond donors (Lipinski definition) is 1. The normalized spacial score (nSPS) is 14.2. The van der Waals surface area contributed by atoms with E-state index in [1.807, 2.05) is 0 Å². The number of likely N-dealkylation sites (N-methyl/N-ethyl adjacent to an activating group) is 1. The smallest absolute Gasteiger partial charge is 0.262 e. The zero-order chi connectivity index (χ0) is 16.9. The number of amides is 1. The molecule has 1 N–H and O–H groups in total. The highest BCUT2D eigenvalue weighted by Gasteiger charge is 2.26. The number of rotatable bonds is 3. The Morgan fingerprint density at radius 2 is 2.04 bits per heavy atom. The van der Waals surface area contributed by atoms with Crippen molar-refractivity contribution >= 4 is 33.0 Å². The van der Waals surface area contributed by atoms with Crippen molar-refractivity contribution in [1.29, 1.82) is 0 Å². The van der Waals surface area contributed by atoms with Crippen LogP contribution in [0.1, 0.15) is 5.56 Å². The Morgan fingerprint density at radius 3 is 2.88 bits per heavy atom. The molecule has 0 radical (unpaired) electrons. The Labute approximate surface area is 138 Å². The van der Waals surface area contributed by atoms with E-state index in [0.717, 1.165) is 5.69 Å². The van der Waals surface area contributed by atoms with Crippen LogP contribution in [-0.2, 0) is 21.2 Å². The van der Waals surface area contributed by atoms with Gasteiger partial charge in [-0.2, -0.15) is 0 Å². The van der Waals surface area contributed by atoms with Crippen molar-refractivity contribution in [3.63, 3.8) is 0 Å². The van der Waals surface area contributed by atoms with Gasteiger partial charge in [-0.15, -0.1) is 0 Å². The molecule has 0 atom stereocenters. The number of carbonyl (C=O) groups is 1. The molecule has 7 nitrogen and oxygen atoms in total. The van der Waals surface area contributed by atoms with Crippen molar-refractivity contribution < 1.29 is 13.2 Å². The summed E-state index contributed by atoms with van der Waals surface area (Å²) < 4.78 is 29.7. The molecular weight excluding hydrogens is 328 g/mol. The van der Waals surface area contributed by atoms with Crippen LogP contribution in [0.5, 0.6) is 0 Å². The number of fused-ring (bicyclic) bond motifs is 2. The molecule has 1 aromatic carbocycles. The number of benzene rings is 1. The summed E-state index contributed by atoms with van der Waals surface area (Å²) >= 11 is 0. The fourth-order valence-corrected chi connectivity index (χ4v) is 3.96. The molecule has 8 heteroatoms. The van der Waals surface area contributed by atoms with E-state index in [2.05, 4.69) is 9.71 Å². The van der Waals surface area contributed by atoms with Crippen molar-refractivity contribution in [3.8, 4) is 0 Å². The molecule has 0 aliphatic carbocycles. The third-order valence-corrected chi connectivity index (χ3v) is 5.47. The quantitative estimate of drug-likeness (QED) is 0.784. The number of sulfonamides is 1. The zero-order valence-electron chi connectivity index (χ0n) is 12.8. The Morgan fingerprint density at radius 1 is 1.21 bits per heavy atom. The minimum Gasteiger partial charge on any atom is -0.315 e. The minimum absolute atomic E-state index is 0.0466. The second-order valence-electron chi connectivity index (χ2n) is 5.61. The largest absolute Gasteiger partial charge is 0.315 e. The number of nitrogens with zero attached hydrogens (tertiary/aromatic N) is 3. The van der Waals surface area contributed by atoms with Crippen LogP contribution in [0.4, 0.5) is 11.4 Å². The fraction of sp³-hybridized carbons (Fsp3) is 0.125. The lowest BCUT2D eigenvalue weighted by atomic mass is 10.2. The van der Waals surface area contributed by atoms with E-state index in [4.69, 9.17) is 0 Å². The van der Waals surface area contributed by atoms with Gasteiger partial charge in [0.15, 0.2) is 5.65 Å². The first-order valence-electron chi connectivity index (χ1n) is 7.30. The average molecular weight is 342 g/mol. The molecule has 0 saturated heterocycles. The second kappa shape index (κ2) is 5.07. The Kier molecular flexibility index (Phi) is 3.10. The van der Waals surface area contributed by atoms with Crippen molar-refractivity contribution in [2.24, 2.45) is 0 Å². The molecule has 24 heavy (non-hydrogen) atoms. The van der Waals surface area contributed by atoms with E-state index in [1.165, 1.54) is 11.0 Å². The molecule has 122 valence electrons. The molecule has 0 saturated carbocycles. The van der Waals surface area contributed by atoms with E-state index in [9.17, 15) is 13.2 Å². The van der Waals surface area contributed by atoms with Crippen molar-refractivity contribution in [3.05, 3.63) is 54.5 Å². The lowest BCUT2D eigenvalue weighted by Gasteiger charge is -2.12. The van der Waals surface area contributed by atoms with Gasteiger partial charge in [-0.05, 0) is 35.9 Å². The summed E-state index contributed by atoms with van der Waals surface area (Å²) in [5.41, 5.74) is 2.38. The van der Waals surface area contributed by atoms with Crippen LogP contribution in [0, 0.1) is 0 Å². The summed E-state index contributed by atoms with van der Waals surface area (Å²) in [6.07, 6.45) is 5.34. The number of pyridine rings is 1. The van der Waals surface area contributed by atoms with Gasteiger partial charge < -0.3 is 9.30 Å². The first-order valence-corrected chi connectivity index (χ1v) is 8.78. The van der Waals surface area contributed by atoms with Crippen molar-refractivity contribution in [1.82, 2.24) is 9.38 Å². The van der Waals surface area contributed by atoms with Crippen LogP contribution < -0.4 is 9.62 Å². The number of aromatic nitrogens is 2. The van der Waals surface area contributed by atoms with Crippen LogP contribution in [-0.4, -0.2) is 30.8 Å². The third-order valence-electron chi connectivity index (χ3n) is 4.10. The van der Waals surface area contributed by atoms with E-state index >= 15 is 0 Å². The SMILES string of the molecule is CN1C(=O)Cc2cc(S(=O)(=O)Nc3cccn4ccnc34)ccc21. The Bertz CT molecular complexity index is 1070. The van der Waals surface area contributed by atoms with Gasteiger partial charge in [0.1, 0.15) is 0 Å². The molecule has 0 bridgehead atoms. The first kappa shape index (κ1) is 14.7. The van der Waals surface area contributed by atoms with Gasteiger partial charge in [-0.1, -0.05) is 0 Å². The zero-order valence-corrected chi connectivity index (χ0v) is 13.6. The van der Waals surface area contributed by atoms with E-state index in [0.29, 0.717) is 16.9 Å². The fourth-order valence-electron chi connectivity index (χ4n) is 2.85.